The Morgan fingerprint density at radius 3 is 3.04 bits per heavy atom. The Balaban J connectivity index is 1.81. The summed E-state index contributed by atoms with van der Waals surface area (Å²) in [4.78, 5) is 17.9. The van der Waals surface area contributed by atoms with Gasteiger partial charge in [0.25, 0.3) is 0 Å². The molecule has 0 spiro atoms. The molecule has 2 amide bonds. The van der Waals surface area contributed by atoms with Crippen LogP contribution in [0.15, 0.2) is 43.0 Å². The quantitative estimate of drug-likeness (QED) is 0.891. The fraction of sp³-hybridized carbons (Fsp3) is 0.353. The largest absolute Gasteiger partial charge is 0.337 e. The number of urea groups is 1. The molecular weight excluding hydrogens is 290 g/mol. The summed E-state index contributed by atoms with van der Waals surface area (Å²) in [5, 5.41) is 11.9. The fourth-order valence-electron chi connectivity index (χ4n) is 2.27. The van der Waals surface area contributed by atoms with Gasteiger partial charge in [0.2, 0.25) is 0 Å². The van der Waals surface area contributed by atoms with Gasteiger partial charge in [-0.3, -0.25) is 0 Å². The molecule has 0 saturated heterocycles. The Bertz CT molecular complexity index is 675. The second-order valence-corrected chi connectivity index (χ2v) is 5.48. The van der Waals surface area contributed by atoms with Crippen LogP contribution in [0.1, 0.15) is 30.5 Å². The number of hydrogen-bond donors (Lipinski definition) is 1. The normalized spacial score (nSPS) is 11.5. The summed E-state index contributed by atoms with van der Waals surface area (Å²) >= 11 is 0. The van der Waals surface area contributed by atoms with Crippen LogP contribution in [0.2, 0.25) is 0 Å². The molecule has 1 aromatic carbocycles. The molecule has 23 heavy (non-hydrogen) atoms. The zero-order valence-electron chi connectivity index (χ0n) is 13.4. The van der Waals surface area contributed by atoms with Gasteiger partial charge >= 0.3 is 6.03 Å². The molecule has 1 aromatic heterocycles. The van der Waals surface area contributed by atoms with Crippen molar-refractivity contribution in [3.8, 4) is 6.07 Å². The third kappa shape index (κ3) is 4.85. The van der Waals surface area contributed by atoms with Crippen LogP contribution in [0.5, 0.6) is 0 Å². The summed E-state index contributed by atoms with van der Waals surface area (Å²) in [5.41, 5.74) is 1.52. The topological polar surface area (TPSA) is 74.0 Å². The van der Waals surface area contributed by atoms with Gasteiger partial charge in [-0.25, -0.2) is 9.78 Å². The number of carbonyl (C=O) groups excluding carboxylic acids is 1. The van der Waals surface area contributed by atoms with Gasteiger partial charge in [-0.2, -0.15) is 5.26 Å². The first-order valence-electron chi connectivity index (χ1n) is 7.57. The Morgan fingerprint density at radius 1 is 1.52 bits per heavy atom. The number of benzene rings is 1. The molecule has 0 saturated carbocycles. The van der Waals surface area contributed by atoms with Crippen LogP contribution >= 0.6 is 0 Å². The highest BCUT2D eigenvalue weighted by Gasteiger charge is 2.13. The second-order valence-electron chi connectivity index (χ2n) is 5.48. The number of rotatable bonds is 6. The molecule has 2 aromatic rings. The van der Waals surface area contributed by atoms with Gasteiger partial charge in [-0.1, -0.05) is 12.1 Å². The van der Waals surface area contributed by atoms with Crippen LogP contribution in [0.3, 0.4) is 0 Å². The van der Waals surface area contributed by atoms with E-state index in [0.717, 1.165) is 18.5 Å². The van der Waals surface area contributed by atoms with E-state index >= 15 is 0 Å². The van der Waals surface area contributed by atoms with E-state index in [1.807, 2.05) is 29.8 Å². The lowest BCUT2D eigenvalue weighted by molar-refractivity contribution is 0.204. The molecule has 1 N–H and O–H groups in total. The number of nitrogens with zero attached hydrogens (tertiary/aromatic N) is 4. The minimum Gasteiger partial charge on any atom is -0.337 e. The minimum absolute atomic E-state index is 0.120. The van der Waals surface area contributed by atoms with E-state index in [-0.39, 0.29) is 12.1 Å². The number of amides is 2. The molecule has 0 radical (unpaired) electrons. The number of hydrogen-bond acceptors (Lipinski definition) is 3. The predicted octanol–water partition coefficient (Wildman–Crippen LogP) is 2.55. The van der Waals surface area contributed by atoms with E-state index < -0.39 is 0 Å². The molecule has 2 rings (SSSR count). The van der Waals surface area contributed by atoms with Crippen molar-refractivity contribution in [2.24, 2.45) is 0 Å². The molecule has 0 aliphatic rings. The van der Waals surface area contributed by atoms with Crippen LogP contribution < -0.4 is 5.32 Å². The summed E-state index contributed by atoms with van der Waals surface area (Å²) in [7, 11) is 1.78. The Hall–Kier alpha value is -2.81. The molecule has 0 unspecified atom stereocenters. The number of nitriles is 1. The van der Waals surface area contributed by atoms with Crippen LogP contribution in [0.25, 0.3) is 0 Å². The lowest BCUT2D eigenvalue weighted by Crippen LogP contribution is -2.39. The lowest BCUT2D eigenvalue weighted by Gasteiger charge is -2.21. The maximum atomic E-state index is 12.2. The zero-order valence-corrected chi connectivity index (χ0v) is 13.4. The molecule has 0 bridgehead atoms. The van der Waals surface area contributed by atoms with Gasteiger partial charge in [-0.15, -0.1) is 0 Å². The first kappa shape index (κ1) is 16.6. The monoisotopic (exact) mass is 311 g/mol. The average molecular weight is 311 g/mol. The molecule has 0 aliphatic carbocycles. The Kier molecular flexibility index (Phi) is 5.75. The maximum Gasteiger partial charge on any atom is 0.317 e. The highest BCUT2D eigenvalue weighted by Crippen LogP contribution is 2.14. The molecule has 120 valence electrons. The number of carbonyl (C=O) groups is 1. The van der Waals surface area contributed by atoms with Crippen molar-refractivity contribution >= 4 is 6.03 Å². The fourth-order valence-corrected chi connectivity index (χ4v) is 2.27. The van der Waals surface area contributed by atoms with Gasteiger partial charge in [0.1, 0.15) is 0 Å². The smallest absolute Gasteiger partial charge is 0.317 e. The first-order valence-corrected chi connectivity index (χ1v) is 7.57. The van der Waals surface area contributed by atoms with Crippen molar-refractivity contribution in [3.05, 3.63) is 54.1 Å². The predicted molar refractivity (Wildman–Crippen MR) is 87.6 cm³/mol. The first-order chi connectivity index (χ1) is 11.1. The number of imidazole rings is 1. The van der Waals surface area contributed by atoms with E-state index in [1.165, 1.54) is 0 Å². The van der Waals surface area contributed by atoms with Crippen LogP contribution in [-0.2, 0) is 6.54 Å². The number of aryl methyl sites for hydroxylation is 1. The number of nitrogens with one attached hydrogen (secondary N) is 1. The Morgan fingerprint density at radius 2 is 2.35 bits per heavy atom. The average Bonchev–Trinajstić information content (AvgIpc) is 3.08. The highest BCUT2D eigenvalue weighted by atomic mass is 16.2. The van der Waals surface area contributed by atoms with Crippen molar-refractivity contribution in [2.75, 3.05) is 13.6 Å². The van der Waals surface area contributed by atoms with Crippen LogP contribution in [-0.4, -0.2) is 34.1 Å². The third-order valence-corrected chi connectivity index (χ3v) is 3.67. The van der Waals surface area contributed by atoms with Gasteiger partial charge in [0.05, 0.1) is 24.0 Å². The lowest BCUT2D eigenvalue weighted by atomic mass is 10.1. The van der Waals surface area contributed by atoms with Crippen molar-refractivity contribution in [1.29, 1.82) is 5.26 Å². The summed E-state index contributed by atoms with van der Waals surface area (Å²) in [6, 6.07) is 9.12. The zero-order chi connectivity index (χ0) is 16.7. The van der Waals surface area contributed by atoms with E-state index in [2.05, 4.69) is 16.4 Å². The van der Waals surface area contributed by atoms with Crippen LogP contribution in [0.4, 0.5) is 4.79 Å². The molecule has 6 heteroatoms. The summed E-state index contributed by atoms with van der Waals surface area (Å²) in [6.07, 6.45) is 6.28. The molecule has 0 fully saturated rings. The summed E-state index contributed by atoms with van der Waals surface area (Å²) in [5.74, 6) is 0. The number of aromatic nitrogens is 2. The van der Waals surface area contributed by atoms with Crippen molar-refractivity contribution in [2.45, 2.75) is 25.9 Å². The molecule has 1 atom stereocenters. The Labute approximate surface area is 136 Å². The van der Waals surface area contributed by atoms with E-state index in [4.69, 9.17) is 5.26 Å². The van der Waals surface area contributed by atoms with Crippen molar-refractivity contribution < 1.29 is 4.79 Å². The van der Waals surface area contributed by atoms with E-state index in [1.54, 1.807) is 36.6 Å². The van der Waals surface area contributed by atoms with Gasteiger partial charge < -0.3 is 14.8 Å². The molecule has 0 aliphatic heterocycles. The minimum atomic E-state index is -0.146. The molecule has 6 nitrogen and oxygen atoms in total. The van der Waals surface area contributed by atoms with E-state index in [0.29, 0.717) is 12.1 Å². The van der Waals surface area contributed by atoms with Crippen molar-refractivity contribution in [1.82, 2.24) is 19.8 Å². The SMILES string of the molecule is C[C@H](NC(=O)N(C)CCCn1ccnc1)c1cccc(C#N)c1. The van der Waals surface area contributed by atoms with E-state index in [9.17, 15) is 4.79 Å². The van der Waals surface area contributed by atoms with Gasteiger partial charge in [0, 0.05) is 32.5 Å². The third-order valence-electron chi connectivity index (χ3n) is 3.67. The van der Waals surface area contributed by atoms with Crippen LogP contribution in [0, 0.1) is 11.3 Å². The summed E-state index contributed by atoms with van der Waals surface area (Å²) in [6.45, 7) is 3.40. The standard InChI is InChI=1S/C17H21N5O/c1-14(16-6-3-5-15(11-16)12-18)20-17(23)21(2)8-4-9-22-10-7-19-13-22/h3,5-7,10-11,13-14H,4,8-9H2,1-2H3,(H,20,23)/t14-/m0/s1. The molecular formula is C17H21N5O. The summed E-state index contributed by atoms with van der Waals surface area (Å²) < 4.78 is 1.99. The van der Waals surface area contributed by atoms with Gasteiger partial charge in [0.15, 0.2) is 0 Å². The highest BCUT2D eigenvalue weighted by molar-refractivity contribution is 5.74. The van der Waals surface area contributed by atoms with Gasteiger partial charge in [-0.05, 0) is 31.0 Å². The second kappa shape index (κ2) is 7.99. The maximum absolute atomic E-state index is 12.2. The van der Waals surface area contributed by atoms with Crippen molar-refractivity contribution in [3.63, 3.8) is 0 Å². The molecule has 1 heterocycles.